The van der Waals surface area contributed by atoms with E-state index in [0.717, 1.165) is 6.26 Å². The predicted octanol–water partition coefficient (Wildman–Crippen LogP) is 1.63. The highest BCUT2D eigenvalue weighted by molar-refractivity contribution is 7.90. The average Bonchev–Trinajstić information content (AvgIpc) is 3.12. The summed E-state index contributed by atoms with van der Waals surface area (Å²) >= 11 is 0. The van der Waals surface area contributed by atoms with Gasteiger partial charge in [-0.05, 0) is 42.5 Å². The standard InChI is InChI=1S/C19H18N4O4S/c1-22(12-24)14-5-7-15(8-6-14)23-18(11-17(21-23)19(20)25)13-3-9-16(10-4-13)28(2,26)27/h3-12H,1-2H3,(H2,20,25). The smallest absolute Gasteiger partial charge is 0.269 e. The number of sulfone groups is 1. The van der Waals surface area contributed by atoms with Gasteiger partial charge in [-0.2, -0.15) is 5.10 Å². The molecule has 1 heterocycles. The van der Waals surface area contributed by atoms with Crippen molar-refractivity contribution in [1.29, 1.82) is 0 Å². The van der Waals surface area contributed by atoms with Gasteiger partial charge in [0.1, 0.15) is 0 Å². The van der Waals surface area contributed by atoms with Crippen molar-refractivity contribution in [3.63, 3.8) is 0 Å². The first-order valence-corrected chi connectivity index (χ1v) is 10.1. The Labute approximate surface area is 162 Å². The molecule has 0 aliphatic rings. The van der Waals surface area contributed by atoms with E-state index in [1.807, 2.05) is 0 Å². The molecule has 0 aliphatic heterocycles. The van der Waals surface area contributed by atoms with Crippen LogP contribution in [0.4, 0.5) is 5.69 Å². The van der Waals surface area contributed by atoms with Crippen molar-refractivity contribution in [2.75, 3.05) is 18.2 Å². The van der Waals surface area contributed by atoms with E-state index < -0.39 is 15.7 Å². The van der Waals surface area contributed by atoms with Crippen LogP contribution < -0.4 is 10.6 Å². The first kappa shape index (κ1) is 19.3. The number of hydrogen-bond donors (Lipinski definition) is 1. The molecule has 3 aromatic rings. The maximum absolute atomic E-state index is 11.7. The molecule has 0 saturated heterocycles. The molecule has 2 amide bonds. The van der Waals surface area contributed by atoms with E-state index in [0.29, 0.717) is 29.0 Å². The molecular formula is C19H18N4O4S. The van der Waals surface area contributed by atoms with E-state index in [9.17, 15) is 18.0 Å². The topological polar surface area (TPSA) is 115 Å². The number of nitrogens with zero attached hydrogens (tertiary/aromatic N) is 3. The molecule has 0 spiro atoms. The van der Waals surface area contributed by atoms with Crippen LogP contribution in [-0.4, -0.2) is 43.8 Å². The van der Waals surface area contributed by atoms with Gasteiger partial charge >= 0.3 is 0 Å². The third kappa shape index (κ3) is 3.79. The number of aromatic nitrogens is 2. The first-order chi connectivity index (χ1) is 13.2. The SMILES string of the molecule is CN(C=O)c1ccc(-n2nc(C(N)=O)cc2-c2ccc(S(C)(=O)=O)cc2)cc1. The molecule has 144 valence electrons. The number of carbonyl (C=O) groups excluding carboxylic acids is 2. The van der Waals surface area contributed by atoms with E-state index in [2.05, 4.69) is 5.10 Å². The Bertz CT molecular complexity index is 1130. The summed E-state index contributed by atoms with van der Waals surface area (Å²) in [6.07, 6.45) is 1.83. The van der Waals surface area contributed by atoms with Gasteiger partial charge in [0.15, 0.2) is 15.5 Å². The van der Waals surface area contributed by atoms with Crippen LogP contribution >= 0.6 is 0 Å². The molecule has 1 aromatic heterocycles. The number of amides is 2. The van der Waals surface area contributed by atoms with Gasteiger partial charge in [0.25, 0.3) is 5.91 Å². The largest absolute Gasteiger partial charge is 0.364 e. The van der Waals surface area contributed by atoms with Gasteiger partial charge in [0.2, 0.25) is 6.41 Å². The zero-order valence-corrected chi connectivity index (χ0v) is 16.1. The fourth-order valence-electron chi connectivity index (χ4n) is 2.67. The number of anilines is 1. The lowest BCUT2D eigenvalue weighted by atomic mass is 10.1. The normalized spacial score (nSPS) is 11.2. The van der Waals surface area contributed by atoms with Crippen molar-refractivity contribution >= 4 is 27.8 Å². The molecule has 0 fully saturated rings. The van der Waals surface area contributed by atoms with E-state index >= 15 is 0 Å². The summed E-state index contributed by atoms with van der Waals surface area (Å²) in [4.78, 5) is 24.1. The maximum atomic E-state index is 11.7. The lowest BCUT2D eigenvalue weighted by Gasteiger charge is -2.12. The second-order valence-electron chi connectivity index (χ2n) is 6.22. The third-order valence-corrected chi connectivity index (χ3v) is 5.33. The summed E-state index contributed by atoms with van der Waals surface area (Å²) in [7, 11) is -1.68. The van der Waals surface area contributed by atoms with Crippen LogP contribution in [0, 0.1) is 0 Å². The van der Waals surface area contributed by atoms with Gasteiger partial charge in [0, 0.05) is 24.6 Å². The lowest BCUT2D eigenvalue weighted by Crippen LogP contribution is -2.14. The summed E-state index contributed by atoms with van der Waals surface area (Å²) in [6.45, 7) is 0. The van der Waals surface area contributed by atoms with Gasteiger partial charge < -0.3 is 10.6 Å². The molecule has 8 nitrogen and oxygen atoms in total. The van der Waals surface area contributed by atoms with Crippen LogP contribution in [0.1, 0.15) is 10.5 Å². The minimum Gasteiger partial charge on any atom is -0.364 e. The van der Waals surface area contributed by atoms with Gasteiger partial charge in [-0.15, -0.1) is 0 Å². The Morgan fingerprint density at radius 1 is 1.11 bits per heavy atom. The highest BCUT2D eigenvalue weighted by Crippen LogP contribution is 2.26. The lowest BCUT2D eigenvalue weighted by molar-refractivity contribution is -0.107. The molecule has 0 aliphatic carbocycles. The number of benzene rings is 2. The van der Waals surface area contributed by atoms with Gasteiger partial charge in [0.05, 0.1) is 16.3 Å². The zero-order chi connectivity index (χ0) is 20.5. The molecule has 0 saturated carbocycles. The summed E-state index contributed by atoms with van der Waals surface area (Å²) in [5.41, 5.74) is 8.04. The number of rotatable bonds is 6. The van der Waals surface area contributed by atoms with E-state index in [4.69, 9.17) is 5.73 Å². The predicted molar refractivity (Wildman–Crippen MR) is 105 cm³/mol. The summed E-state index contributed by atoms with van der Waals surface area (Å²) < 4.78 is 24.9. The van der Waals surface area contributed by atoms with E-state index in [1.165, 1.54) is 17.0 Å². The van der Waals surface area contributed by atoms with Crippen molar-refractivity contribution in [3.8, 4) is 16.9 Å². The highest BCUT2D eigenvalue weighted by atomic mass is 32.2. The first-order valence-electron chi connectivity index (χ1n) is 8.19. The van der Waals surface area contributed by atoms with Crippen LogP contribution in [0.25, 0.3) is 16.9 Å². The monoisotopic (exact) mass is 398 g/mol. The number of primary amides is 1. The quantitative estimate of drug-likeness (QED) is 0.634. The zero-order valence-electron chi connectivity index (χ0n) is 15.2. The fourth-order valence-corrected chi connectivity index (χ4v) is 3.30. The Morgan fingerprint density at radius 3 is 2.21 bits per heavy atom. The average molecular weight is 398 g/mol. The van der Waals surface area contributed by atoms with Crippen molar-refractivity contribution in [2.45, 2.75) is 4.90 Å². The number of nitrogens with two attached hydrogens (primary N) is 1. The van der Waals surface area contributed by atoms with E-state index in [1.54, 1.807) is 54.2 Å². The van der Waals surface area contributed by atoms with Gasteiger partial charge in [-0.3, -0.25) is 9.59 Å². The van der Waals surface area contributed by atoms with Gasteiger partial charge in [-0.25, -0.2) is 13.1 Å². The van der Waals surface area contributed by atoms with E-state index in [-0.39, 0.29) is 10.6 Å². The Balaban J connectivity index is 2.09. The van der Waals surface area contributed by atoms with Crippen LogP contribution in [0.2, 0.25) is 0 Å². The van der Waals surface area contributed by atoms with Crippen molar-refractivity contribution in [3.05, 3.63) is 60.3 Å². The molecule has 2 aromatic carbocycles. The second-order valence-corrected chi connectivity index (χ2v) is 8.24. The fraction of sp³-hybridized carbons (Fsp3) is 0.105. The number of hydrogen-bond acceptors (Lipinski definition) is 5. The van der Waals surface area contributed by atoms with Crippen LogP contribution in [0.5, 0.6) is 0 Å². The summed E-state index contributed by atoms with van der Waals surface area (Å²) in [5.74, 6) is -0.676. The highest BCUT2D eigenvalue weighted by Gasteiger charge is 2.16. The minimum absolute atomic E-state index is 0.0799. The Morgan fingerprint density at radius 2 is 1.71 bits per heavy atom. The molecule has 0 radical (unpaired) electrons. The van der Waals surface area contributed by atoms with Crippen molar-refractivity contribution in [2.24, 2.45) is 5.73 Å². The maximum Gasteiger partial charge on any atom is 0.269 e. The summed E-state index contributed by atoms with van der Waals surface area (Å²) in [6, 6.07) is 14.8. The van der Waals surface area contributed by atoms with Gasteiger partial charge in [-0.1, -0.05) is 12.1 Å². The molecule has 28 heavy (non-hydrogen) atoms. The minimum atomic E-state index is -3.32. The molecule has 9 heteroatoms. The van der Waals surface area contributed by atoms with Crippen molar-refractivity contribution in [1.82, 2.24) is 9.78 Å². The third-order valence-electron chi connectivity index (χ3n) is 4.20. The molecule has 2 N–H and O–H groups in total. The summed E-state index contributed by atoms with van der Waals surface area (Å²) in [5, 5.41) is 4.26. The van der Waals surface area contributed by atoms with Crippen LogP contribution in [0.15, 0.2) is 59.5 Å². The van der Waals surface area contributed by atoms with Crippen LogP contribution in [-0.2, 0) is 14.6 Å². The molecule has 0 bridgehead atoms. The Hall–Kier alpha value is -3.46. The number of carbonyl (C=O) groups is 2. The molecule has 0 atom stereocenters. The molecule has 0 unspecified atom stereocenters. The molecular weight excluding hydrogens is 380 g/mol. The Kier molecular flexibility index (Phi) is 5.02. The second kappa shape index (κ2) is 7.28. The van der Waals surface area contributed by atoms with Crippen molar-refractivity contribution < 1.29 is 18.0 Å². The molecule has 3 rings (SSSR count). The van der Waals surface area contributed by atoms with Crippen LogP contribution in [0.3, 0.4) is 0 Å².